The fourth-order valence-corrected chi connectivity index (χ4v) is 12.7. The maximum absolute atomic E-state index is 14.4. The lowest BCUT2D eigenvalue weighted by Crippen LogP contribution is -2.58. The molecule has 2 aromatic heterocycles. The number of likely N-dealkylation sites (tertiary alicyclic amines) is 1. The molecule has 4 heterocycles. The molecule has 3 aliphatic rings. The van der Waals surface area contributed by atoms with Gasteiger partial charge in [-0.2, -0.15) is 0 Å². The van der Waals surface area contributed by atoms with Crippen LogP contribution in [0.15, 0.2) is 81.5 Å². The SMILES string of the molecule is COc1cc(C)c(Sc2cnc(NC(=O)c3ccc(OC4CCC[C@H](C(=O)N[C@H](C(=O)N5C[C@H](O)C[C@H]5C(=O)N[C@@H](C)c5ccc(-c6scnc6C)cc5)C(C)(C)C)CC4)cc3)s2)cc1C(=O)N1CCN(C(C)=O)CC1. The van der Waals surface area contributed by atoms with Gasteiger partial charge in [0.15, 0.2) is 5.13 Å². The Morgan fingerprint density at radius 2 is 1.58 bits per heavy atom. The maximum atomic E-state index is 14.4. The number of aliphatic hydroxyl groups is 1. The third-order valence-electron chi connectivity index (χ3n) is 14.4. The topological polar surface area (TPSA) is 213 Å². The fourth-order valence-electron chi connectivity index (χ4n) is 9.94. The van der Waals surface area contributed by atoms with Gasteiger partial charge in [0.1, 0.15) is 23.6 Å². The van der Waals surface area contributed by atoms with E-state index in [9.17, 15) is 33.9 Å². The number of carbonyl (C=O) groups excluding carboxylic acids is 6. The number of aromatic nitrogens is 2. The number of thiazole rings is 2. The van der Waals surface area contributed by atoms with Gasteiger partial charge in [0.05, 0.1) is 57.4 Å². The lowest BCUT2D eigenvalue weighted by atomic mass is 9.84. The second-order valence-corrected chi connectivity index (χ2v) is 24.2. The molecule has 3 aromatic carbocycles. The van der Waals surface area contributed by atoms with Gasteiger partial charge < -0.3 is 39.9 Å². The van der Waals surface area contributed by atoms with Gasteiger partial charge in [-0.25, -0.2) is 9.97 Å². The number of piperazine rings is 1. The lowest BCUT2D eigenvalue weighted by Gasteiger charge is -2.36. The molecule has 20 heteroatoms. The molecule has 2 saturated heterocycles. The molecule has 1 saturated carbocycles. The molecule has 0 spiro atoms. The number of hydrogen-bond acceptors (Lipinski definition) is 14. The highest BCUT2D eigenvalue weighted by Gasteiger charge is 2.45. The number of amides is 6. The summed E-state index contributed by atoms with van der Waals surface area (Å²) >= 11 is 4.33. The van der Waals surface area contributed by atoms with Crippen molar-refractivity contribution in [2.24, 2.45) is 11.3 Å². The van der Waals surface area contributed by atoms with E-state index in [1.165, 1.54) is 42.0 Å². The number of rotatable bonds is 15. The summed E-state index contributed by atoms with van der Waals surface area (Å²) in [6.45, 7) is 14.8. The quantitative estimate of drug-likeness (QED) is 0.0730. The number of ether oxygens (including phenoxy) is 2. The molecule has 6 atom stereocenters. The van der Waals surface area contributed by atoms with Gasteiger partial charge >= 0.3 is 0 Å². The van der Waals surface area contributed by atoms with Crippen LogP contribution in [0.25, 0.3) is 10.4 Å². The number of carbonyl (C=O) groups is 6. The van der Waals surface area contributed by atoms with Crippen LogP contribution in [-0.2, 0) is 19.2 Å². The number of anilines is 1. The smallest absolute Gasteiger partial charge is 0.257 e. The van der Waals surface area contributed by atoms with Crippen LogP contribution in [0.3, 0.4) is 0 Å². The fraction of sp³-hybridized carbons (Fsp3) is 0.464. The van der Waals surface area contributed by atoms with Crippen molar-refractivity contribution in [2.45, 2.75) is 126 Å². The molecule has 8 rings (SSSR count). The molecule has 1 aliphatic carbocycles. The highest BCUT2D eigenvalue weighted by atomic mass is 32.2. The summed E-state index contributed by atoms with van der Waals surface area (Å²) in [7, 11) is 1.54. The Balaban J connectivity index is 0.815. The van der Waals surface area contributed by atoms with Gasteiger partial charge in [-0.15, -0.1) is 11.3 Å². The molecule has 0 bridgehead atoms. The Kier molecular flexibility index (Phi) is 17.9. The monoisotopic (exact) mass is 1090 g/mol. The highest BCUT2D eigenvalue weighted by Crippen LogP contribution is 2.39. The van der Waals surface area contributed by atoms with Crippen LogP contribution in [0.4, 0.5) is 5.13 Å². The van der Waals surface area contributed by atoms with Crippen LogP contribution in [0.1, 0.15) is 117 Å². The summed E-state index contributed by atoms with van der Waals surface area (Å²) in [6, 6.07) is 16.3. The summed E-state index contributed by atoms with van der Waals surface area (Å²) in [5.41, 5.74) is 5.80. The zero-order valence-corrected chi connectivity index (χ0v) is 46.8. The predicted octanol–water partition coefficient (Wildman–Crippen LogP) is 8.30. The molecular formula is C56H68N8O9S3. The maximum Gasteiger partial charge on any atom is 0.257 e. The Morgan fingerprint density at radius 1 is 0.868 bits per heavy atom. The molecule has 76 heavy (non-hydrogen) atoms. The molecule has 3 fully saturated rings. The van der Waals surface area contributed by atoms with E-state index in [2.05, 4.69) is 25.9 Å². The lowest BCUT2D eigenvalue weighted by molar-refractivity contribution is -0.144. The van der Waals surface area contributed by atoms with Crippen LogP contribution in [-0.4, -0.2) is 129 Å². The minimum absolute atomic E-state index is 0.00744. The number of aryl methyl sites for hydroxylation is 2. The van der Waals surface area contributed by atoms with Crippen molar-refractivity contribution in [2.75, 3.05) is 45.2 Å². The number of methoxy groups -OCH3 is 1. The predicted molar refractivity (Wildman–Crippen MR) is 294 cm³/mol. The van der Waals surface area contributed by atoms with Crippen molar-refractivity contribution in [3.63, 3.8) is 0 Å². The van der Waals surface area contributed by atoms with Gasteiger partial charge in [0.25, 0.3) is 11.8 Å². The normalized spacial score (nSPS) is 19.8. The van der Waals surface area contributed by atoms with Crippen LogP contribution in [0.5, 0.6) is 11.5 Å². The van der Waals surface area contributed by atoms with Crippen molar-refractivity contribution in [3.05, 3.63) is 100 Å². The Hall–Kier alpha value is -6.35. The van der Waals surface area contributed by atoms with E-state index in [0.717, 1.165) is 49.2 Å². The highest BCUT2D eigenvalue weighted by molar-refractivity contribution is 8.01. The van der Waals surface area contributed by atoms with Crippen molar-refractivity contribution in [1.82, 2.24) is 35.3 Å². The first-order valence-electron chi connectivity index (χ1n) is 25.8. The first-order valence-corrected chi connectivity index (χ1v) is 28.3. The Labute approximate surface area is 456 Å². The molecule has 17 nitrogen and oxygen atoms in total. The van der Waals surface area contributed by atoms with Crippen molar-refractivity contribution < 1.29 is 43.3 Å². The van der Waals surface area contributed by atoms with E-state index < -0.39 is 29.5 Å². The van der Waals surface area contributed by atoms with E-state index in [4.69, 9.17) is 9.47 Å². The standard InChI is InChI=1S/C56H68N8O9S3/c1-32-26-45(72-8)43(53(70)63-24-22-62(23-25-63)35(4)65)28-46(32)75-47-29-57-55(76-47)61-51(68)39-17-20-42(21-18-39)73-41-11-9-10-38(16-19-41)50(67)60-49(56(5,6)7)54(71)64-30-40(66)27-44(64)52(69)59-33(2)36-12-14-37(15-13-36)48-34(3)58-31-74-48/h12-15,17-18,20-21,26,28-29,31,33,38,40-41,44,49,66H,9-11,16,19,22-25,27,30H2,1-8H3,(H,59,69)(H,60,67)(H,57,61,68)/t33-,38-,40+,41?,44-,49+/m0/s1. The summed E-state index contributed by atoms with van der Waals surface area (Å²) in [5, 5.41) is 20.2. The number of β-amino-alcohol motifs (C(OH)–C–C–N with tert-alkyl or cyclic N) is 1. The first-order chi connectivity index (χ1) is 36.3. The largest absolute Gasteiger partial charge is 0.496 e. The second-order valence-electron chi connectivity index (χ2n) is 20.9. The number of benzene rings is 3. The first kappa shape index (κ1) is 55.9. The average molecular weight is 1090 g/mol. The number of hydrogen-bond donors (Lipinski definition) is 4. The van der Waals surface area contributed by atoms with Crippen LogP contribution < -0.4 is 25.4 Å². The minimum Gasteiger partial charge on any atom is -0.496 e. The summed E-state index contributed by atoms with van der Waals surface area (Å²) in [4.78, 5) is 96.7. The summed E-state index contributed by atoms with van der Waals surface area (Å²) < 4.78 is 12.8. The zero-order valence-electron chi connectivity index (χ0n) is 44.3. The zero-order chi connectivity index (χ0) is 54.4. The van der Waals surface area contributed by atoms with Crippen LogP contribution in [0, 0.1) is 25.2 Å². The van der Waals surface area contributed by atoms with Gasteiger partial charge in [0.2, 0.25) is 23.6 Å². The molecule has 2 aliphatic heterocycles. The van der Waals surface area contributed by atoms with Gasteiger partial charge in [-0.3, -0.25) is 34.1 Å². The molecule has 6 amide bonds. The van der Waals surface area contributed by atoms with Gasteiger partial charge in [0, 0.05) is 62.4 Å². The molecule has 404 valence electrons. The van der Waals surface area contributed by atoms with Crippen molar-refractivity contribution in [3.8, 4) is 21.9 Å². The second kappa shape index (κ2) is 24.3. The van der Waals surface area contributed by atoms with Crippen LogP contribution >= 0.6 is 34.4 Å². The average Bonchev–Trinajstić information content (AvgIpc) is 4.11. The summed E-state index contributed by atoms with van der Waals surface area (Å²) in [6.07, 6.45) is 3.96. The third kappa shape index (κ3) is 13.4. The molecular weight excluding hydrogens is 1020 g/mol. The number of aliphatic hydroxyl groups excluding tert-OH is 1. The van der Waals surface area contributed by atoms with E-state index in [1.54, 1.807) is 51.6 Å². The van der Waals surface area contributed by atoms with E-state index in [1.807, 2.05) is 83.5 Å². The molecule has 5 aromatic rings. The summed E-state index contributed by atoms with van der Waals surface area (Å²) in [5.74, 6) is -0.769. The van der Waals surface area contributed by atoms with E-state index in [0.29, 0.717) is 73.2 Å². The molecule has 1 unspecified atom stereocenters. The van der Waals surface area contributed by atoms with E-state index in [-0.39, 0.29) is 60.6 Å². The number of nitrogens with zero attached hydrogens (tertiary/aromatic N) is 5. The van der Waals surface area contributed by atoms with Gasteiger partial charge in [-0.05, 0) is 111 Å². The van der Waals surface area contributed by atoms with Crippen LogP contribution in [0.2, 0.25) is 0 Å². The molecule has 4 N–H and O–H groups in total. The Bertz CT molecular complexity index is 2910. The Morgan fingerprint density at radius 3 is 2.24 bits per heavy atom. The minimum atomic E-state index is -0.937. The third-order valence-corrected chi connectivity index (χ3v) is 17.6. The van der Waals surface area contributed by atoms with E-state index >= 15 is 0 Å². The van der Waals surface area contributed by atoms with Gasteiger partial charge in [-0.1, -0.05) is 68.1 Å². The van der Waals surface area contributed by atoms with Crippen molar-refractivity contribution in [1.29, 1.82) is 0 Å². The molecule has 0 radical (unpaired) electrons. The van der Waals surface area contributed by atoms with Crippen molar-refractivity contribution >= 4 is 75.0 Å². The number of nitrogens with one attached hydrogen (secondary N) is 3.